The minimum absolute atomic E-state index is 0.00883. The van der Waals surface area contributed by atoms with Crippen LogP contribution < -0.4 is 10.5 Å². The first kappa shape index (κ1) is 28.6. The number of non-ortho nitro benzene ring substituents is 1. The highest BCUT2D eigenvalue weighted by molar-refractivity contribution is 5.89. The predicted octanol–water partition coefficient (Wildman–Crippen LogP) is 1.96. The molecule has 220 valence electrons. The molecule has 5 rings (SSSR count). The molecule has 1 aromatic heterocycles. The number of nitrogens with zero attached hydrogens (tertiary/aromatic N) is 6. The molecule has 3 aromatic rings. The summed E-state index contributed by atoms with van der Waals surface area (Å²) in [6.45, 7) is 2.19. The average Bonchev–Trinajstić information content (AvgIpc) is 3.20. The van der Waals surface area contributed by atoms with Crippen LogP contribution in [0.3, 0.4) is 0 Å². The third kappa shape index (κ3) is 6.19. The van der Waals surface area contributed by atoms with Gasteiger partial charge in [0.25, 0.3) is 5.69 Å². The number of primary amides is 1. The summed E-state index contributed by atoms with van der Waals surface area (Å²) in [6.07, 6.45) is 2.61. The number of ether oxygens (including phenoxy) is 1. The smallest absolute Gasteiger partial charge is 0.314 e. The van der Waals surface area contributed by atoms with Gasteiger partial charge in [-0.25, -0.2) is 9.78 Å². The van der Waals surface area contributed by atoms with Gasteiger partial charge in [0.1, 0.15) is 11.8 Å². The van der Waals surface area contributed by atoms with Crippen molar-refractivity contribution in [3.8, 4) is 5.75 Å². The summed E-state index contributed by atoms with van der Waals surface area (Å²) in [6, 6.07) is 12.3. The van der Waals surface area contributed by atoms with E-state index in [4.69, 9.17) is 10.5 Å². The van der Waals surface area contributed by atoms with E-state index >= 15 is 0 Å². The molecule has 2 aromatic carbocycles. The van der Waals surface area contributed by atoms with Crippen molar-refractivity contribution in [2.75, 3.05) is 33.3 Å². The molecule has 0 saturated carbocycles. The monoisotopic (exact) mass is 575 g/mol. The van der Waals surface area contributed by atoms with Crippen LogP contribution in [0.25, 0.3) is 0 Å². The molecule has 13 nitrogen and oxygen atoms in total. The predicted molar refractivity (Wildman–Crippen MR) is 152 cm³/mol. The number of nitro benzene ring substituents is 1. The summed E-state index contributed by atoms with van der Waals surface area (Å²) in [7, 11) is 1.56. The highest BCUT2D eigenvalue weighted by Gasteiger charge is 2.39. The lowest BCUT2D eigenvalue weighted by atomic mass is 9.99. The van der Waals surface area contributed by atoms with Crippen molar-refractivity contribution in [1.82, 2.24) is 24.3 Å². The van der Waals surface area contributed by atoms with Gasteiger partial charge in [-0.15, -0.1) is 0 Å². The number of amides is 4. The average molecular weight is 576 g/mol. The van der Waals surface area contributed by atoms with Gasteiger partial charge in [-0.3, -0.25) is 19.7 Å². The van der Waals surface area contributed by atoms with Gasteiger partial charge in [-0.2, -0.15) is 0 Å². The van der Waals surface area contributed by atoms with Crippen molar-refractivity contribution in [2.45, 2.75) is 38.4 Å². The Balaban J connectivity index is 1.41. The van der Waals surface area contributed by atoms with Crippen molar-refractivity contribution in [2.24, 2.45) is 5.73 Å². The molecule has 0 radical (unpaired) electrons. The molecule has 0 spiro atoms. The lowest BCUT2D eigenvalue weighted by Crippen LogP contribution is -2.55. The zero-order valence-corrected chi connectivity index (χ0v) is 23.3. The summed E-state index contributed by atoms with van der Waals surface area (Å²) in [4.78, 5) is 59.5. The van der Waals surface area contributed by atoms with E-state index in [1.807, 2.05) is 16.7 Å². The Labute approximate surface area is 242 Å². The van der Waals surface area contributed by atoms with Gasteiger partial charge in [-0.05, 0) is 29.7 Å². The maximum Gasteiger partial charge on any atom is 0.314 e. The van der Waals surface area contributed by atoms with Crippen LogP contribution >= 0.6 is 0 Å². The van der Waals surface area contributed by atoms with Crippen LogP contribution in [0.5, 0.6) is 5.75 Å². The first-order chi connectivity index (χ1) is 20.2. The van der Waals surface area contributed by atoms with E-state index in [-0.39, 0.29) is 36.9 Å². The third-order valence-electron chi connectivity index (χ3n) is 7.83. The van der Waals surface area contributed by atoms with Crippen molar-refractivity contribution in [3.05, 3.63) is 87.5 Å². The molecule has 2 aliphatic rings. The Kier molecular flexibility index (Phi) is 8.36. The number of methoxy groups -OCH3 is 1. The maximum atomic E-state index is 13.9. The van der Waals surface area contributed by atoms with Gasteiger partial charge in [0.15, 0.2) is 0 Å². The van der Waals surface area contributed by atoms with Gasteiger partial charge in [-0.1, -0.05) is 24.3 Å². The second-order valence-electron chi connectivity index (χ2n) is 10.5. The van der Waals surface area contributed by atoms with E-state index in [9.17, 15) is 24.5 Å². The van der Waals surface area contributed by atoms with E-state index in [1.54, 1.807) is 47.5 Å². The zero-order chi connectivity index (χ0) is 29.8. The van der Waals surface area contributed by atoms with Gasteiger partial charge in [0.05, 0.1) is 42.7 Å². The van der Waals surface area contributed by atoms with E-state index in [1.165, 1.54) is 17.0 Å². The molecule has 0 bridgehead atoms. The van der Waals surface area contributed by atoms with Crippen LogP contribution in [0, 0.1) is 10.1 Å². The second kappa shape index (κ2) is 12.3. The van der Waals surface area contributed by atoms with Crippen LogP contribution in [0.1, 0.15) is 28.9 Å². The molecule has 2 N–H and O–H groups in total. The molecule has 0 aliphatic carbocycles. The van der Waals surface area contributed by atoms with Crippen molar-refractivity contribution in [3.63, 3.8) is 0 Å². The number of carbonyl (C=O) groups is 3. The number of carbonyl (C=O) groups excluding carboxylic acids is 3. The third-order valence-corrected chi connectivity index (χ3v) is 7.83. The maximum absolute atomic E-state index is 13.9. The molecule has 42 heavy (non-hydrogen) atoms. The van der Waals surface area contributed by atoms with E-state index in [2.05, 4.69) is 4.98 Å². The molecule has 1 fully saturated rings. The Morgan fingerprint density at radius 2 is 1.79 bits per heavy atom. The molecule has 1 saturated heterocycles. The number of nitrogens with two attached hydrogens (primary N) is 1. The van der Waals surface area contributed by atoms with Crippen molar-refractivity contribution in [1.29, 1.82) is 0 Å². The first-order valence-electron chi connectivity index (χ1n) is 13.7. The van der Waals surface area contributed by atoms with Crippen LogP contribution in [-0.4, -0.2) is 86.4 Å². The van der Waals surface area contributed by atoms with E-state index in [0.717, 1.165) is 22.5 Å². The van der Waals surface area contributed by atoms with Gasteiger partial charge >= 0.3 is 6.03 Å². The molecule has 1 unspecified atom stereocenters. The topological polar surface area (TPSA) is 157 Å². The molecular weight excluding hydrogens is 542 g/mol. The highest BCUT2D eigenvalue weighted by Crippen LogP contribution is 2.27. The van der Waals surface area contributed by atoms with E-state index in [0.29, 0.717) is 44.9 Å². The van der Waals surface area contributed by atoms with Gasteiger partial charge in [0.2, 0.25) is 11.8 Å². The van der Waals surface area contributed by atoms with Gasteiger partial charge in [0, 0.05) is 51.3 Å². The van der Waals surface area contributed by atoms with Crippen molar-refractivity contribution >= 4 is 23.5 Å². The fraction of sp³-hybridized carbons (Fsp3) is 0.379. The molecule has 13 heteroatoms. The quantitative estimate of drug-likeness (QED) is 0.333. The highest BCUT2D eigenvalue weighted by atomic mass is 16.6. The molecule has 3 heterocycles. The number of benzene rings is 2. The fourth-order valence-corrected chi connectivity index (χ4v) is 5.53. The summed E-state index contributed by atoms with van der Waals surface area (Å²) >= 11 is 0. The number of nitro groups is 1. The Morgan fingerprint density at radius 1 is 1.05 bits per heavy atom. The number of aromatic nitrogens is 2. The number of fused-ring (bicyclic) bond motifs is 1. The molecule has 4 amide bonds. The standard InChI is InChI=1S/C29H33N7O6/c1-42-23-5-2-4-21(14-23)15-27(37)35-18-26-24(31-19-34(26)17-20-6-8-22(9-7-20)36(40)41)16-25(35)28(38)32-10-3-11-33(13-12-32)29(30)39/h2,4-9,14,19,25H,3,10-13,15-18H2,1H3,(H2,30,39). The van der Waals surface area contributed by atoms with Crippen LogP contribution in [-0.2, 0) is 35.5 Å². The lowest BCUT2D eigenvalue weighted by molar-refractivity contribution is -0.384. The minimum Gasteiger partial charge on any atom is -0.497 e. The van der Waals surface area contributed by atoms with Crippen LogP contribution in [0.4, 0.5) is 10.5 Å². The fourth-order valence-electron chi connectivity index (χ4n) is 5.53. The largest absolute Gasteiger partial charge is 0.497 e. The Bertz CT molecular complexity index is 1490. The SMILES string of the molecule is COc1cccc(CC(=O)N2Cc3c(ncn3Cc3ccc([N+](=O)[O-])cc3)CC2C(=O)N2CCCN(C(N)=O)CC2)c1. The number of imidazole rings is 1. The summed E-state index contributed by atoms with van der Waals surface area (Å²) in [5.41, 5.74) is 8.63. The van der Waals surface area contributed by atoms with Crippen LogP contribution in [0.15, 0.2) is 54.9 Å². The van der Waals surface area contributed by atoms with Gasteiger partial charge < -0.3 is 29.7 Å². The molecule has 2 aliphatic heterocycles. The molecular formula is C29H33N7O6. The van der Waals surface area contributed by atoms with Crippen LogP contribution in [0.2, 0.25) is 0 Å². The minimum atomic E-state index is -0.751. The first-order valence-corrected chi connectivity index (χ1v) is 13.7. The summed E-state index contributed by atoms with van der Waals surface area (Å²) in [5, 5.41) is 11.0. The lowest BCUT2D eigenvalue weighted by Gasteiger charge is -2.37. The van der Waals surface area contributed by atoms with E-state index < -0.39 is 17.0 Å². The summed E-state index contributed by atoms with van der Waals surface area (Å²) < 4.78 is 7.23. The number of urea groups is 1. The zero-order valence-electron chi connectivity index (χ0n) is 23.3. The number of hydrogen-bond acceptors (Lipinski definition) is 7. The number of rotatable bonds is 7. The molecule has 1 atom stereocenters. The summed E-state index contributed by atoms with van der Waals surface area (Å²) in [5.74, 6) is 0.249. The Hall–Kier alpha value is -4.94. The normalized spacial score (nSPS) is 16.9. The second-order valence-corrected chi connectivity index (χ2v) is 10.5. The number of hydrogen-bond donors (Lipinski definition) is 1. The van der Waals surface area contributed by atoms with Crippen molar-refractivity contribution < 1.29 is 24.0 Å². The Morgan fingerprint density at radius 3 is 2.50 bits per heavy atom.